The van der Waals surface area contributed by atoms with E-state index in [4.69, 9.17) is 20.4 Å². The second kappa shape index (κ2) is 9.78. The van der Waals surface area contributed by atoms with Crippen LogP contribution in [0.5, 0.6) is 0 Å². The van der Waals surface area contributed by atoms with Crippen LogP contribution < -0.4 is 15.1 Å². The number of oxazole rings is 1. The van der Waals surface area contributed by atoms with Crippen molar-refractivity contribution in [1.82, 2.24) is 4.98 Å². The molecule has 0 atom stereocenters. The Morgan fingerprint density at radius 3 is 2.20 bits per heavy atom. The monoisotopic (exact) mass is 613 g/mol. The number of rotatable bonds is 7. The quantitative estimate of drug-likeness (QED) is 0.211. The molecule has 2 N–H and O–H groups in total. The van der Waals surface area contributed by atoms with E-state index in [2.05, 4.69) is 14.4 Å². The van der Waals surface area contributed by atoms with E-state index in [1.807, 2.05) is 0 Å². The number of aromatic nitrogens is 1. The van der Waals surface area contributed by atoms with Crippen LogP contribution in [0, 0.1) is 0 Å². The zero-order valence-electron chi connectivity index (χ0n) is 20.0. The maximum Gasteiger partial charge on any atom is 0.336 e. The summed E-state index contributed by atoms with van der Waals surface area (Å²) in [5, 5.41) is 0.473. The zero-order valence-corrected chi connectivity index (χ0v) is 23.2. The summed E-state index contributed by atoms with van der Waals surface area (Å²) in [5.41, 5.74) is 1.82. The highest BCUT2D eigenvalue weighted by molar-refractivity contribution is 7.94. The fraction of sp³-hybridized carbons (Fsp3) is 0. The highest BCUT2D eigenvalue weighted by Crippen LogP contribution is 2.30. The highest BCUT2D eigenvalue weighted by atomic mass is 35.5. The topological polar surface area (TPSA) is 149 Å². The minimum absolute atomic E-state index is 0.00507. The molecule has 0 unspecified atom stereocenters. The first-order chi connectivity index (χ1) is 19.1. The molecule has 10 nitrogen and oxygen atoms in total. The maximum absolute atomic E-state index is 12.9. The van der Waals surface area contributed by atoms with Gasteiger partial charge in [-0.25, -0.2) is 26.6 Å². The van der Waals surface area contributed by atoms with Crippen LogP contribution >= 0.6 is 22.9 Å². The minimum atomic E-state index is -3.92. The number of thiophene rings is 1. The summed E-state index contributed by atoms with van der Waals surface area (Å²) in [5.74, 6) is 0.269. The van der Waals surface area contributed by atoms with Gasteiger partial charge in [0.2, 0.25) is 5.89 Å². The summed E-state index contributed by atoms with van der Waals surface area (Å²) < 4.78 is 67.4. The third-order valence-corrected chi connectivity index (χ3v) is 10.2. The molecule has 0 aliphatic carbocycles. The zero-order chi connectivity index (χ0) is 28.1. The molecule has 0 aliphatic heterocycles. The Morgan fingerprint density at radius 1 is 0.725 bits per heavy atom. The average Bonchev–Trinajstić information content (AvgIpc) is 3.55. The lowest BCUT2D eigenvalue weighted by Gasteiger charge is -2.09. The maximum atomic E-state index is 12.9. The summed E-state index contributed by atoms with van der Waals surface area (Å²) in [4.78, 5) is 15.8. The first kappa shape index (κ1) is 26.1. The fourth-order valence-corrected chi connectivity index (χ4v) is 7.50. The standard InChI is InChI=1S/C26H16ClN3O7S3/c27-23-10-12-25(38-23)40(34,35)30-18-6-8-22-20(14-18)28-26(37-22)15-1-4-17(5-2-15)29-39(32,33)19-7-9-21-16(13-19)3-11-24(31)36-21/h1-14,29-30H. The molecule has 40 heavy (non-hydrogen) atoms. The van der Waals surface area contributed by atoms with Gasteiger partial charge in [-0.15, -0.1) is 11.3 Å². The van der Waals surface area contributed by atoms with Gasteiger partial charge in [-0.2, -0.15) is 0 Å². The van der Waals surface area contributed by atoms with Crippen molar-refractivity contribution >= 4 is 76.4 Å². The van der Waals surface area contributed by atoms with Crippen LogP contribution in [0.2, 0.25) is 4.34 Å². The van der Waals surface area contributed by atoms with Gasteiger partial charge < -0.3 is 8.83 Å². The molecule has 0 radical (unpaired) electrons. The van der Waals surface area contributed by atoms with Gasteiger partial charge in [-0.1, -0.05) is 11.6 Å². The predicted molar refractivity (Wildman–Crippen MR) is 153 cm³/mol. The summed E-state index contributed by atoms with van der Waals surface area (Å²) in [7, 11) is -7.73. The Kier molecular flexibility index (Phi) is 6.38. The van der Waals surface area contributed by atoms with E-state index in [9.17, 15) is 21.6 Å². The Labute approximate surface area is 236 Å². The molecule has 0 fully saturated rings. The molecule has 0 aliphatic rings. The molecule has 3 aromatic heterocycles. The van der Waals surface area contributed by atoms with E-state index >= 15 is 0 Å². The highest BCUT2D eigenvalue weighted by Gasteiger charge is 2.19. The van der Waals surface area contributed by atoms with Crippen molar-refractivity contribution in [1.29, 1.82) is 0 Å². The molecule has 0 amide bonds. The SMILES string of the molecule is O=c1ccc2cc(S(=O)(=O)Nc3ccc(-c4nc5cc(NS(=O)(=O)c6ccc(Cl)s6)ccc5o4)cc3)ccc2o1. The number of anilines is 2. The molecule has 6 rings (SSSR count). The first-order valence-corrected chi connectivity index (χ1v) is 15.6. The first-order valence-electron chi connectivity index (χ1n) is 11.4. The molecular formula is C26H16ClN3O7S3. The summed E-state index contributed by atoms with van der Waals surface area (Å²) in [6, 6.07) is 21.0. The van der Waals surface area contributed by atoms with Gasteiger partial charge in [0.05, 0.1) is 14.9 Å². The van der Waals surface area contributed by atoms with Gasteiger partial charge in [-0.05, 0) is 78.9 Å². The van der Waals surface area contributed by atoms with Gasteiger partial charge in [0, 0.05) is 22.7 Å². The molecule has 202 valence electrons. The molecule has 0 saturated heterocycles. The summed E-state index contributed by atoms with van der Waals surface area (Å²) >= 11 is 6.81. The normalized spacial score (nSPS) is 12.1. The van der Waals surface area contributed by atoms with E-state index in [-0.39, 0.29) is 20.6 Å². The number of halogens is 1. The molecule has 0 spiro atoms. The second-order valence-corrected chi connectivity index (χ2v) is 13.8. The molecule has 3 aromatic carbocycles. The van der Waals surface area contributed by atoms with Crippen molar-refractivity contribution in [2.45, 2.75) is 9.10 Å². The number of hydrogen-bond acceptors (Lipinski definition) is 9. The molecule has 0 bridgehead atoms. The predicted octanol–water partition coefficient (Wildman–Crippen LogP) is 5.92. The smallest absolute Gasteiger partial charge is 0.336 e. The minimum Gasteiger partial charge on any atom is -0.436 e. The molecule has 14 heteroatoms. The molecule has 3 heterocycles. The van der Waals surface area contributed by atoms with Crippen molar-refractivity contribution in [3.8, 4) is 11.5 Å². The van der Waals surface area contributed by atoms with Crippen LogP contribution in [-0.4, -0.2) is 21.8 Å². The van der Waals surface area contributed by atoms with E-state index in [1.54, 1.807) is 42.5 Å². The number of fused-ring (bicyclic) bond motifs is 2. The van der Waals surface area contributed by atoms with Gasteiger partial charge in [0.15, 0.2) is 5.58 Å². The Morgan fingerprint density at radius 2 is 1.45 bits per heavy atom. The van der Waals surface area contributed by atoms with Crippen LogP contribution in [0.25, 0.3) is 33.5 Å². The Bertz CT molecular complexity index is 2190. The van der Waals surface area contributed by atoms with Gasteiger partial charge in [0.1, 0.15) is 15.3 Å². The van der Waals surface area contributed by atoms with Gasteiger partial charge >= 0.3 is 5.63 Å². The third kappa shape index (κ3) is 5.19. The van der Waals surface area contributed by atoms with Crippen molar-refractivity contribution in [2.24, 2.45) is 0 Å². The molecular weight excluding hydrogens is 598 g/mol. The van der Waals surface area contributed by atoms with Crippen LogP contribution in [0.15, 0.2) is 108 Å². The van der Waals surface area contributed by atoms with Crippen molar-refractivity contribution in [2.75, 3.05) is 9.44 Å². The van der Waals surface area contributed by atoms with Gasteiger partial charge in [0.25, 0.3) is 20.0 Å². The number of hydrogen-bond donors (Lipinski definition) is 2. The lowest BCUT2D eigenvalue weighted by atomic mass is 10.2. The van der Waals surface area contributed by atoms with E-state index in [1.165, 1.54) is 42.5 Å². The van der Waals surface area contributed by atoms with Crippen LogP contribution in [0.3, 0.4) is 0 Å². The Balaban J connectivity index is 1.21. The van der Waals surface area contributed by atoms with E-state index < -0.39 is 25.7 Å². The number of nitrogens with one attached hydrogen (secondary N) is 2. The van der Waals surface area contributed by atoms with Crippen molar-refractivity contribution in [3.63, 3.8) is 0 Å². The summed E-state index contributed by atoms with van der Waals surface area (Å²) in [6.07, 6.45) is 0. The number of sulfonamides is 2. The Hall–Kier alpha value is -4.17. The van der Waals surface area contributed by atoms with Crippen LogP contribution in [0.4, 0.5) is 11.4 Å². The molecule has 6 aromatic rings. The van der Waals surface area contributed by atoms with E-state index in [0.29, 0.717) is 37.8 Å². The van der Waals surface area contributed by atoms with Crippen molar-refractivity contribution < 1.29 is 25.7 Å². The summed E-state index contributed by atoms with van der Waals surface area (Å²) in [6.45, 7) is 0. The number of nitrogens with zero attached hydrogens (tertiary/aromatic N) is 1. The average molecular weight is 614 g/mol. The van der Waals surface area contributed by atoms with Crippen molar-refractivity contribution in [3.05, 3.63) is 99.7 Å². The van der Waals surface area contributed by atoms with Crippen LogP contribution in [0.1, 0.15) is 0 Å². The largest absolute Gasteiger partial charge is 0.436 e. The lowest BCUT2D eigenvalue weighted by molar-refractivity contribution is 0.560. The van der Waals surface area contributed by atoms with E-state index in [0.717, 1.165) is 11.3 Å². The van der Waals surface area contributed by atoms with Gasteiger partial charge in [-0.3, -0.25) is 9.44 Å². The molecule has 0 saturated carbocycles. The fourth-order valence-electron chi connectivity index (χ4n) is 3.87. The van der Waals surface area contributed by atoms with Crippen LogP contribution in [-0.2, 0) is 20.0 Å². The lowest BCUT2D eigenvalue weighted by Crippen LogP contribution is -2.12. The second-order valence-electron chi connectivity index (χ2n) is 8.50. The number of benzene rings is 3. The third-order valence-electron chi connectivity index (χ3n) is 5.74.